The highest BCUT2D eigenvalue weighted by atomic mass is 32.2. The molecule has 0 aliphatic carbocycles. The maximum absolute atomic E-state index is 12.7. The first kappa shape index (κ1) is 18.2. The van der Waals surface area contributed by atoms with Gasteiger partial charge in [-0.3, -0.25) is 0 Å². The van der Waals surface area contributed by atoms with E-state index in [4.69, 9.17) is 0 Å². The van der Waals surface area contributed by atoms with Crippen LogP contribution in [0.5, 0.6) is 0 Å². The fraction of sp³-hybridized carbons (Fsp3) is 0.438. The van der Waals surface area contributed by atoms with Gasteiger partial charge in [-0.15, -0.1) is 11.3 Å². The molecule has 4 nitrogen and oxygen atoms in total. The third-order valence-corrected chi connectivity index (χ3v) is 6.35. The van der Waals surface area contributed by atoms with E-state index in [1.807, 2.05) is 0 Å². The summed E-state index contributed by atoms with van der Waals surface area (Å²) in [4.78, 5) is 6.08. The van der Waals surface area contributed by atoms with E-state index in [1.165, 1.54) is 0 Å². The first-order chi connectivity index (χ1) is 11.6. The van der Waals surface area contributed by atoms with Crippen LogP contribution in [0.1, 0.15) is 29.5 Å². The molecule has 9 heteroatoms. The lowest BCUT2D eigenvalue weighted by Crippen LogP contribution is -2.34. The average molecular weight is 390 g/mol. The molecule has 0 radical (unpaired) electrons. The second-order valence-electron chi connectivity index (χ2n) is 6.12. The quantitative estimate of drug-likeness (QED) is 0.796. The number of aromatic nitrogens is 1. The Bertz CT molecular complexity index is 845. The fourth-order valence-corrected chi connectivity index (χ4v) is 4.51. The largest absolute Gasteiger partial charge is 0.434 e. The molecule has 1 saturated heterocycles. The minimum Gasteiger partial charge on any atom is -0.371 e. The summed E-state index contributed by atoms with van der Waals surface area (Å²) in [6.45, 7) is 1.36. The molecule has 1 atom stereocenters. The maximum atomic E-state index is 12.7. The molecule has 0 bridgehead atoms. The summed E-state index contributed by atoms with van der Waals surface area (Å²) in [6, 6.07) is 6.59. The molecule has 0 amide bonds. The summed E-state index contributed by atoms with van der Waals surface area (Å²) in [5, 5.41) is 1.57. The molecular weight excluding hydrogens is 373 g/mol. The lowest BCUT2D eigenvalue weighted by Gasteiger charge is -2.33. The van der Waals surface area contributed by atoms with Crippen LogP contribution >= 0.6 is 11.3 Å². The third kappa shape index (κ3) is 4.14. The third-order valence-electron chi connectivity index (χ3n) is 4.21. The molecule has 0 N–H and O–H groups in total. The number of hydrogen-bond donors (Lipinski definition) is 0. The first-order valence-corrected chi connectivity index (χ1v) is 10.5. The van der Waals surface area contributed by atoms with Gasteiger partial charge in [-0.1, -0.05) is 0 Å². The minimum absolute atomic E-state index is 0.0514. The van der Waals surface area contributed by atoms with Gasteiger partial charge in [0.15, 0.2) is 15.5 Å². The molecule has 1 aliphatic heterocycles. The van der Waals surface area contributed by atoms with Crippen molar-refractivity contribution in [1.82, 2.24) is 4.98 Å². The Balaban J connectivity index is 1.76. The second-order valence-corrected chi connectivity index (χ2v) is 9.03. The lowest BCUT2D eigenvalue weighted by atomic mass is 9.98. The van der Waals surface area contributed by atoms with Gasteiger partial charge in [0.2, 0.25) is 0 Å². The molecule has 25 heavy (non-hydrogen) atoms. The number of benzene rings is 1. The van der Waals surface area contributed by atoms with Gasteiger partial charge in [-0.25, -0.2) is 13.4 Å². The molecule has 1 aliphatic rings. The molecule has 1 aromatic carbocycles. The van der Waals surface area contributed by atoms with E-state index >= 15 is 0 Å². The predicted molar refractivity (Wildman–Crippen MR) is 90.9 cm³/mol. The molecule has 2 heterocycles. The average Bonchev–Trinajstić information content (AvgIpc) is 3.05. The van der Waals surface area contributed by atoms with Crippen molar-refractivity contribution in [3.05, 3.63) is 40.3 Å². The van der Waals surface area contributed by atoms with Crippen LogP contribution in [0.4, 0.5) is 18.9 Å². The Hall–Kier alpha value is -1.61. The fourth-order valence-electron chi connectivity index (χ4n) is 2.92. The summed E-state index contributed by atoms with van der Waals surface area (Å²) >= 11 is 1.05. The van der Waals surface area contributed by atoms with E-state index in [1.54, 1.807) is 24.3 Å². The zero-order chi connectivity index (χ0) is 18.2. The van der Waals surface area contributed by atoms with Crippen molar-refractivity contribution < 1.29 is 21.6 Å². The van der Waals surface area contributed by atoms with E-state index in [0.717, 1.165) is 48.0 Å². The Kier molecular flexibility index (Phi) is 4.80. The Morgan fingerprint density at radius 3 is 2.48 bits per heavy atom. The first-order valence-electron chi connectivity index (χ1n) is 7.72. The highest BCUT2D eigenvalue weighted by Gasteiger charge is 2.35. The van der Waals surface area contributed by atoms with E-state index in [0.29, 0.717) is 11.6 Å². The topological polar surface area (TPSA) is 50.3 Å². The van der Waals surface area contributed by atoms with Gasteiger partial charge < -0.3 is 4.90 Å². The highest BCUT2D eigenvalue weighted by Crippen LogP contribution is 2.36. The summed E-state index contributed by atoms with van der Waals surface area (Å²) in [5.41, 5.74) is 0.0341. The predicted octanol–water partition coefficient (Wildman–Crippen LogP) is 3.95. The minimum atomic E-state index is -4.41. The summed E-state index contributed by atoms with van der Waals surface area (Å²) in [5.74, 6) is -0.0514. The normalized spacial score (nSPS) is 19.2. The summed E-state index contributed by atoms with van der Waals surface area (Å²) in [7, 11) is -3.25. The van der Waals surface area contributed by atoms with Crippen molar-refractivity contribution in [2.75, 3.05) is 24.2 Å². The smallest absolute Gasteiger partial charge is 0.371 e. The van der Waals surface area contributed by atoms with Gasteiger partial charge in [0.1, 0.15) is 0 Å². The summed E-state index contributed by atoms with van der Waals surface area (Å²) in [6.07, 6.45) is -1.62. The highest BCUT2D eigenvalue weighted by molar-refractivity contribution is 7.90. The number of alkyl halides is 3. The standard InChI is InChI=1S/C16H17F3N2O2S2/c1-25(22,23)13-6-4-12(5-7-13)21-8-2-3-11(9-21)15-20-14(10-24-15)16(17,18)19/h4-7,10-11H,2-3,8-9H2,1H3. The molecule has 136 valence electrons. The SMILES string of the molecule is CS(=O)(=O)c1ccc(N2CCCC(c3nc(C(F)(F)F)cs3)C2)cc1. The van der Waals surface area contributed by atoms with Crippen molar-refractivity contribution in [3.63, 3.8) is 0 Å². The number of piperidine rings is 1. The zero-order valence-electron chi connectivity index (χ0n) is 13.5. The molecule has 1 aromatic heterocycles. The zero-order valence-corrected chi connectivity index (χ0v) is 15.1. The van der Waals surface area contributed by atoms with E-state index in [2.05, 4.69) is 9.88 Å². The van der Waals surface area contributed by atoms with Crippen molar-refractivity contribution >= 4 is 26.9 Å². The van der Waals surface area contributed by atoms with Gasteiger partial charge in [-0.2, -0.15) is 13.2 Å². The van der Waals surface area contributed by atoms with E-state index in [9.17, 15) is 21.6 Å². The Morgan fingerprint density at radius 2 is 1.92 bits per heavy atom. The van der Waals surface area contributed by atoms with Crippen LogP contribution in [0.15, 0.2) is 34.5 Å². The molecule has 1 unspecified atom stereocenters. The number of hydrogen-bond acceptors (Lipinski definition) is 5. The van der Waals surface area contributed by atoms with Crippen molar-refractivity contribution in [1.29, 1.82) is 0 Å². The van der Waals surface area contributed by atoms with Crippen LogP contribution < -0.4 is 4.90 Å². The van der Waals surface area contributed by atoms with E-state index < -0.39 is 21.7 Å². The van der Waals surface area contributed by atoms with Crippen LogP contribution in [-0.4, -0.2) is 32.7 Å². The van der Waals surface area contributed by atoms with Crippen molar-refractivity contribution in [2.45, 2.75) is 29.8 Å². The van der Waals surface area contributed by atoms with Gasteiger partial charge in [0.25, 0.3) is 0 Å². The summed E-state index contributed by atoms with van der Waals surface area (Å²) < 4.78 is 61.2. The lowest BCUT2D eigenvalue weighted by molar-refractivity contribution is -0.140. The van der Waals surface area contributed by atoms with Crippen LogP contribution in [0, 0.1) is 0 Å². The Morgan fingerprint density at radius 1 is 1.24 bits per heavy atom. The number of thiazole rings is 1. The number of rotatable bonds is 3. The van der Waals surface area contributed by atoms with Gasteiger partial charge in [0.05, 0.1) is 9.90 Å². The van der Waals surface area contributed by atoms with Crippen LogP contribution in [0.25, 0.3) is 0 Å². The molecule has 3 rings (SSSR count). The monoisotopic (exact) mass is 390 g/mol. The van der Waals surface area contributed by atoms with Crippen LogP contribution in [0.3, 0.4) is 0 Å². The second kappa shape index (κ2) is 6.60. The molecule has 1 fully saturated rings. The van der Waals surface area contributed by atoms with Gasteiger partial charge in [0, 0.05) is 36.3 Å². The number of anilines is 1. The van der Waals surface area contributed by atoms with Crippen molar-refractivity contribution in [2.24, 2.45) is 0 Å². The van der Waals surface area contributed by atoms with E-state index in [-0.39, 0.29) is 10.8 Å². The van der Waals surface area contributed by atoms with Crippen LogP contribution in [0.2, 0.25) is 0 Å². The molecule has 0 saturated carbocycles. The molecule has 2 aromatic rings. The van der Waals surface area contributed by atoms with Gasteiger partial charge >= 0.3 is 6.18 Å². The number of halogens is 3. The van der Waals surface area contributed by atoms with Crippen molar-refractivity contribution in [3.8, 4) is 0 Å². The number of sulfone groups is 1. The Labute approximate surface area is 148 Å². The van der Waals surface area contributed by atoms with Crippen LogP contribution in [-0.2, 0) is 16.0 Å². The maximum Gasteiger partial charge on any atom is 0.434 e. The number of nitrogens with zero attached hydrogens (tertiary/aromatic N) is 2. The van der Waals surface area contributed by atoms with Gasteiger partial charge in [-0.05, 0) is 37.1 Å². The molecular formula is C16H17F3N2O2S2. The molecule has 0 spiro atoms.